The SMILES string of the molecule is C=C(/N=C(\C(/N=C(\C=O)NCc1ncc([S+]([O-])CC)cn1)=C(C)C)N(C)C(C)C(F)(F)F)c1c(C)ncnc1C1CC1. The second-order valence-corrected chi connectivity index (χ2v) is 11.7. The maximum absolute atomic E-state index is 13.9. The van der Waals surface area contributed by atoms with Crippen LogP contribution in [0.15, 0.2) is 51.5 Å². The number of amidine groups is 2. The molecule has 2 atom stereocenters. The van der Waals surface area contributed by atoms with Gasteiger partial charge in [0.1, 0.15) is 29.6 Å². The average Bonchev–Trinajstić information content (AvgIpc) is 3.80. The molecular weight excluding hydrogens is 569 g/mol. The van der Waals surface area contributed by atoms with E-state index in [0.29, 0.717) is 39.6 Å². The Morgan fingerprint density at radius 2 is 1.88 bits per heavy atom. The molecule has 0 spiro atoms. The smallest absolute Gasteiger partial charge is 0.408 e. The van der Waals surface area contributed by atoms with Gasteiger partial charge in [-0.3, -0.25) is 4.79 Å². The molecule has 1 saturated carbocycles. The van der Waals surface area contributed by atoms with Crippen LogP contribution in [0.5, 0.6) is 0 Å². The Morgan fingerprint density at radius 1 is 1.24 bits per heavy atom. The number of halogens is 3. The normalized spacial score (nSPS) is 15.6. The topological polar surface area (TPSA) is 132 Å². The van der Waals surface area contributed by atoms with E-state index in [1.54, 1.807) is 27.7 Å². The highest BCUT2D eigenvalue weighted by atomic mass is 32.2. The van der Waals surface area contributed by atoms with E-state index >= 15 is 0 Å². The lowest BCUT2D eigenvalue weighted by Crippen LogP contribution is -2.45. The number of allylic oxidation sites excluding steroid dienone is 1. The first-order chi connectivity index (χ1) is 19.8. The van der Waals surface area contributed by atoms with Gasteiger partial charge in [0, 0.05) is 18.5 Å². The van der Waals surface area contributed by atoms with Crippen LogP contribution in [-0.2, 0) is 22.5 Å². The van der Waals surface area contributed by atoms with E-state index < -0.39 is 23.4 Å². The minimum Gasteiger partial charge on any atom is -0.611 e. The fourth-order valence-corrected chi connectivity index (χ4v) is 4.58. The second-order valence-electron chi connectivity index (χ2n) is 9.99. The number of nitrogens with zero attached hydrogens (tertiary/aromatic N) is 7. The molecule has 0 bridgehead atoms. The molecule has 0 radical (unpaired) electrons. The minimum atomic E-state index is -4.57. The molecule has 1 aliphatic rings. The molecule has 226 valence electrons. The number of rotatable bonds is 11. The summed E-state index contributed by atoms with van der Waals surface area (Å²) in [5.74, 6) is 0.649. The van der Waals surface area contributed by atoms with Crippen molar-refractivity contribution < 1.29 is 22.5 Å². The highest BCUT2D eigenvalue weighted by Gasteiger charge is 2.41. The van der Waals surface area contributed by atoms with Crippen LogP contribution in [0.4, 0.5) is 13.2 Å². The molecule has 0 aromatic carbocycles. The van der Waals surface area contributed by atoms with Crippen LogP contribution in [0.2, 0.25) is 0 Å². The number of hydrogen-bond donors (Lipinski definition) is 1. The molecule has 3 rings (SSSR count). The van der Waals surface area contributed by atoms with E-state index in [-0.39, 0.29) is 35.5 Å². The van der Waals surface area contributed by atoms with Gasteiger partial charge in [0.15, 0.2) is 22.9 Å². The lowest BCUT2D eigenvalue weighted by molar-refractivity contribution is -0.166. The van der Waals surface area contributed by atoms with E-state index in [9.17, 15) is 22.5 Å². The first-order valence-corrected chi connectivity index (χ1v) is 14.6. The Labute approximate surface area is 246 Å². The molecule has 2 aromatic rings. The largest absolute Gasteiger partial charge is 0.611 e. The van der Waals surface area contributed by atoms with Crippen LogP contribution in [-0.4, -0.2) is 72.4 Å². The van der Waals surface area contributed by atoms with E-state index in [1.165, 1.54) is 25.8 Å². The highest BCUT2D eigenvalue weighted by molar-refractivity contribution is 7.91. The van der Waals surface area contributed by atoms with E-state index in [4.69, 9.17) is 0 Å². The summed E-state index contributed by atoms with van der Waals surface area (Å²) in [6.45, 7) is 12.0. The number of carbonyl (C=O) groups is 1. The van der Waals surface area contributed by atoms with Crippen molar-refractivity contribution in [2.45, 2.75) is 77.0 Å². The van der Waals surface area contributed by atoms with Crippen molar-refractivity contribution in [3.8, 4) is 0 Å². The zero-order valence-electron chi connectivity index (χ0n) is 24.5. The molecule has 0 amide bonds. The number of aryl methyl sites for hydroxylation is 1. The van der Waals surface area contributed by atoms with Gasteiger partial charge in [0.2, 0.25) is 0 Å². The maximum Gasteiger partial charge on any atom is 0.408 e. The van der Waals surface area contributed by atoms with Gasteiger partial charge in [-0.15, -0.1) is 0 Å². The monoisotopic (exact) mass is 604 g/mol. The summed E-state index contributed by atoms with van der Waals surface area (Å²) < 4.78 is 53.6. The summed E-state index contributed by atoms with van der Waals surface area (Å²) in [4.78, 5) is 39.4. The zero-order valence-corrected chi connectivity index (χ0v) is 25.3. The number of carbonyl (C=O) groups excluding carboxylic acids is 1. The van der Waals surface area contributed by atoms with E-state index in [1.807, 2.05) is 0 Å². The Morgan fingerprint density at radius 3 is 2.40 bits per heavy atom. The molecule has 1 N–H and O–H groups in total. The van der Waals surface area contributed by atoms with Crippen LogP contribution in [0.3, 0.4) is 0 Å². The first-order valence-electron chi connectivity index (χ1n) is 13.3. The van der Waals surface area contributed by atoms with Crippen molar-refractivity contribution in [2.24, 2.45) is 9.98 Å². The van der Waals surface area contributed by atoms with Crippen LogP contribution < -0.4 is 5.32 Å². The number of aldehydes is 1. The predicted molar refractivity (Wildman–Crippen MR) is 156 cm³/mol. The minimum absolute atomic E-state index is 0.00801. The molecule has 10 nitrogen and oxygen atoms in total. The van der Waals surface area contributed by atoms with Gasteiger partial charge in [-0.05, 0) is 64.2 Å². The van der Waals surface area contributed by atoms with Crippen molar-refractivity contribution in [3.05, 3.63) is 59.3 Å². The van der Waals surface area contributed by atoms with Gasteiger partial charge >= 0.3 is 6.18 Å². The molecule has 0 saturated heterocycles. The highest BCUT2D eigenvalue weighted by Crippen LogP contribution is 2.42. The van der Waals surface area contributed by atoms with Crippen LogP contribution in [0.1, 0.15) is 69.2 Å². The molecule has 14 heteroatoms. The summed E-state index contributed by atoms with van der Waals surface area (Å²) in [6.07, 6.45) is 2.10. The maximum atomic E-state index is 13.9. The van der Waals surface area contributed by atoms with Crippen molar-refractivity contribution in [1.82, 2.24) is 30.2 Å². The van der Waals surface area contributed by atoms with Gasteiger partial charge in [-0.1, -0.05) is 6.58 Å². The van der Waals surface area contributed by atoms with Gasteiger partial charge in [0.25, 0.3) is 0 Å². The fourth-order valence-electron chi connectivity index (χ4n) is 3.90. The molecule has 1 fully saturated rings. The third kappa shape index (κ3) is 8.22. The molecule has 2 heterocycles. The molecule has 2 aromatic heterocycles. The molecular formula is C28H35F3N8O2S. The van der Waals surface area contributed by atoms with Crippen molar-refractivity contribution in [2.75, 3.05) is 12.8 Å². The quantitative estimate of drug-likeness (QED) is 0.172. The Bertz CT molecular complexity index is 1380. The van der Waals surface area contributed by atoms with Crippen molar-refractivity contribution >= 4 is 34.8 Å². The average molecular weight is 605 g/mol. The number of aliphatic imine (C=N–C) groups is 2. The van der Waals surface area contributed by atoms with Crippen molar-refractivity contribution in [3.63, 3.8) is 0 Å². The summed E-state index contributed by atoms with van der Waals surface area (Å²) in [5.41, 5.74) is 2.71. The Kier molecular flexibility index (Phi) is 11.0. The lowest BCUT2D eigenvalue weighted by Gasteiger charge is -2.30. The fraction of sp³-hybridized carbons (Fsp3) is 0.464. The standard InChI is InChI=1S/C28H35F3N8O2S/c1-8-42(41)21-11-32-22(33-12-21)13-34-23(14-40)38-25(16(2)3)27(39(7)19(6)28(29,30)31)37-18(5)24-17(4)35-15-36-26(24)20-9-10-20/h11-12,14-15,19-20H,5,8-10,13H2,1-4,6-7H3,(H,34,38)/b37-27+. The van der Waals surface area contributed by atoms with Crippen molar-refractivity contribution in [1.29, 1.82) is 0 Å². The number of nitrogens with one attached hydrogen (secondary N) is 1. The van der Waals surface area contributed by atoms with Crippen LogP contribution in [0.25, 0.3) is 5.70 Å². The van der Waals surface area contributed by atoms with Gasteiger partial charge in [-0.25, -0.2) is 29.9 Å². The summed E-state index contributed by atoms with van der Waals surface area (Å²) in [5, 5.41) is 2.82. The summed E-state index contributed by atoms with van der Waals surface area (Å²) >= 11 is -1.21. The Balaban J connectivity index is 2.02. The van der Waals surface area contributed by atoms with E-state index in [0.717, 1.165) is 30.4 Å². The molecule has 1 aliphatic carbocycles. The van der Waals surface area contributed by atoms with Crippen LogP contribution in [0, 0.1) is 6.92 Å². The van der Waals surface area contributed by atoms with Gasteiger partial charge in [0.05, 0.1) is 36.0 Å². The molecule has 2 unspecified atom stereocenters. The zero-order chi connectivity index (χ0) is 31.2. The third-order valence-corrected chi connectivity index (χ3v) is 7.87. The molecule has 42 heavy (non-hydrogen) atoms. The summed E-state index contributed by atoms with van der Waals surface area (Å²) in [7, 11) is 1.27. The number of aromatic nitrogens is 4. The third-order valence-electron chi connectivity index (χ3n) is 6.61. The number of hydrogen-bond acceptors (Lipinski definition) is 8. The van der Waals surface area contributed by atoms with Crippen LogP contribution >= 0.6 is 0 Å². The lowest BCUT2D eigenvalue weighted by atomic mass is 10.1. The van der Waals surface area contributed by atoms with E-state index in [2.05, 4.69) is 41.8 Å². The molecule has 0 aliphatic heterocycles. The predicted octanol–water partition coefficient (Wildman–Crippen LogP) is 4.51. The summed E-state index contributed by atoms with van der Waals surface area (Å²) in [6, 6.07) is -1.93. The second kappa shape index (κ2) is 14.0. The van der Waals surface area contributed by atoms with Gasteiger partial charge < -0.3 is 14.8 Å². The Hall–Kier alpha value is -3.65. The first kappa shape index (κ1) is 32.9. The number of alkyl halides is 3. The van der Waals surface area contributed by atoms with Gasteiger partial charge in [-0.2, -0.15) is 13.2 Å². The number of likely N-dealkylation sites (N-methyl/N-ethyl adjacent to an activating group) is 1.